The minimum atomic E-state index is -3.55. The van der Waals surface area contributed by atoms with Gasteiger partial charge in [0, 0.05) is 5.69 Å². The molecule has 1 rings (SSSR count). The molecule has 3 N–H and O–H groups in total. The maximum Gasteiger partial charge on any atom is 0.241 e. The number of nitrogens with two attached hydrogens (primary N) is 1. The van der Waals surface area contributed by atoms with E-state index in [2.05, 4.69) is 10.6 Å². The first kappa shape index (κ1) is 12.6. The van der Waals surface area contributed by atoms with Crippen LogP contribution in [-0.4, -0.2) is 14.5 Å². The molecule has 1 atom stereocenters. The van der Waals surface area contributed by atoms with Gasteiger partial charge >= 0.3 is 0 Å². The number of nitrogen functional groups attached to an aromatic ring is 1. The Balaban J connectivity index is 2.95. The van der Waals surface area contributed by atoms with Crippen LogP contribution in [0, 0.1) is 12.3 Å². The van der Waals surface area contributed by atoms with E-state index < -0.39 is 16.1 Å². The zero-order valence-electron chi connectivity index (χ0n) is 8.97. The number of hydrogen-bond donors (Lipinski definition) is 2. The van der Waals surface area contributed by atoms with Crippen LogP contribution < -0.4 is 10.5 Å². The highest BCUT2D eigenvalue weighted by atomic mass is 32.2. The third-order valence-corrected chi connectivity index (χ3v) is 3.58. The normalized spacial score (nSPS) is 13.0. The Hall–Kier alpha value is -1.51. The lowest BCUT2D eigenvalue weighted by Crippen LogP contribution is -2.33. The molecular formula is C11H14N2O2S. The summed E-state index contributed by atoms with van der Waals surface area (Å²) in [5.74, 6) is 2.37. The molecule has 0 saturated heterocycles. The van der Waals surface area contributed by atoms with Crippen LogP contribution in [0.3, 0.4) is 0 Å². The Kier molecular flexibility index (Phi) is 3.93. The van der Waals surface area contributed by atoms with Gasteiger partial charge in [-0.15, -0.1) is 6.42 Å². The first-order valence-electron chi connectivity index (χ1n) is 4.83. The van der Waals surface area contributed by atoms with E-state index in [0.717, 1.165) is 0 Å². The Bertz CT molecular complexity index is 486. The van der Waals surface area contributed by atoms with E-state index in [1.54, 1.807) is 0 Å². The summed E-state index contributed by atoms with van der Waals surface area (Å²) in [6, 6.07) is 5.47. The van der Waals surface area contributed by atoms with Gasteiger partial charge in [0.15, 0.2) is 0 Å². The highest BCUT2D eigenvalue weighted by Gasteiger charge is 2.17. The Labute approximate surface area is 95.9 Å². The molecule has 1 unspecified atom stereocenters. The molecule has 0 heterocycles. The van der Waals surface area contributed by atoms with Gasteiger partial charge in [0.1, 0.15) is 0 Å². The highest BCUT2D eigenvalue weighted by Crippen LogP contribution is 2.12. The molecule has 0 spiro atoms. The standard InChI is InChI=1S/C11H14N2O2S/c1-3-10(4-2)13-16(14,15)11-7-5-9(12)6-8-11/h1,5-8,10,13H,4,12H2,2H3. The van der Waals surface area contributed by atoms with Crippen LogP contribution in [0.1, 0.15) is 13.3 Å². The molecule has 0 fully saturated rings. The zero-order valence-corrected chi connectivity index (χ0v) is 9.79. The summed E-state index contributed by atoms with van der Waals surface area (Å²) in [4.78, 5) is 0.162. The zero-order chi connectivity index (χ0) is 12.2. The van der Waals surface area contributed by atoms with Gasteiger partial charge in [0.05, 0.1) is 10.9 Å². The highest BCUT2D eigenvalue weighted by molar-refractivity contribution is 7.89. The second-order valence-corrected chi connectivity index (χ2v) is 5.03. The Morgan fingerprint density at radius 3 is 2.44 bits per heavy atom. The van der Waals surface area contributed by atoms with Crippen LogP contribution in [0.2, 0.25) is 0 Å². The van der Waals surface area contributed by atoms with Crippen LogP contribution >= 0.6 is 0 Å². The van der Waals surface area contributed by atoms with Gasteiger partial charge in [0.25, 0.3) is 0 Å². The van der Waals surface area contributed by atoms with E-state index in [0.29, 0.717) is 12.1 Å². The predicted molar refractivity (Wildman–Crippen MR) is 64.1 cm³/mol. The third kappa shape index (κ3) is 2.99. The number of hydrogen-bond acceptors (Lipinski definition) is 3. The van der Waals surface area contributed by atoms with Crippen molar-refractivity contribution in [2.75, 3.05) is 5.73 Å². The smallest absolute Gasteiger partial charge is 0.241 e. The molecule has 5 heteroatoms. The topological polar surface area (TPSA) is 72.2 Å². The maximum absolute atomic E-state index is 11.8. The van der Waals surface area contributed by atoms with Gasteiger partial charge in [-0.2, -0.15) is 4.72 Å². The van der Waals surface area contributed by atoms with E-state index in [4.69, 9.17) is 12.2 Å². The fraction of sp³-hybridized carbons (Fsp3) is 0.273. The largest absolute Gasteiger partial charge is 0.399 e. The molecule has 0 saturated carbocycles. The molecule has 0 aliphatic heterocycles. The Morgan fingerprint density at radius 2 is 2.00 bits per heavy atom. The Morgan fingerprint density at radius 1 is 1.44 bits per heavy atom. The fourth-order valence-corrected chi connectivity index (χ4v) is 2.38. The molecule has 1 aromatic carbocycles. The van der Waals surface area contributed by atoms with E-state index in [-0.39, 0.29) is 4.90 Å². The lowest BCUT2D eigenvalue weighted by atomic mass is 10.3. The summed E-state index contributed by atoms with van der Waals surface area (Å²) in [7, 11) is -3.55. The third-order valence-electron chi connectivity index (χ3n) is 2.10. The number of rotatable bonds is 4. The monoisotopic (exact) mass is 238 g/mol. The minimum Gasteiger partial charge on any atom is -0.399 e. The summed E-state index contributed by atoms with van der Waals surface area (Å²) in [5, 5.41) is 0. The molecule has 0 amide bonds. The predicted octanol–water partition coefficient (Wildman–Crippen LogP) is 0.959. The van der Waals surface area contributed by atoms with Crippen LogP contribution in [0.5, 0.6) is 0 Å². The van der Waals surface area contributed by atoms with Crippen molar-refractivity contribution in [1.82, 2.24) is 4.72 Å². The number of benzene rings is 1. The van der Waals surface area contributed by atoms with Gasteiger partial charge in [-0.05, 0) is 30.7 Å². The first-order chi connectivity index (χ1) is 7.49. The van der Waals surface area contributed by atoms with Gasteiger partial charge < -0.3 is 5.73 Å². The maximum atomic E-state index is 11.8. The second kappa shape index (κ2) is 5.01. The van der Waals surface area contributed by atoms with Gasteiger partial charge in [-0.3, -0.25) is 0 Å². The van der Waals surface area contributed by atoms with Crippen LogP contribution in [-0.2, 0) is 10.0 Å². The summed E-state index contributed by atoms with van der Waals surface area (Å²) < 4.78 is 26.1. The van der Waals surface area contributed by atoms with Crippen molar-refractivity contribution in [3.63, 3.8) is 0 Å². The van der Waals surface area contributed by atoms with Crippen molar-refractivity contribution >= 4 is 15.7 Å². The van der Waals surface area contributed by atoms with Crippen LogP contribution in [0.25, 0.3) is 0 Å². The quantitative estimate of drug-likeness (QED) is 0.606. The van der Waals surface area contributed by atoms with Crippen LogP contribution in [0.15, 0.2) is 29.2 Å². The van der Waals surface area contributed by atoms with E-state index in [9.17, 15) is 8.42 Å². The van der Waals surface area contributed by atoms with Crippen molar-refractivity contribution in [2.24, 2.45) is 0 Å². The molecule has 4 nitrogen and oxygen atoms in total. The van der Waals surface area contributed by atoms with Crippen LogP contribution in [0.4, 0.5) is 5.69 Å². The molecule has 1 aromatic rings. The molecule has 0 aromatic heterocycles. The number of sulfonamides is 1. The lowest BCUT2D eigenvalue weighted by Gasteiger charge is -2.11. The number of nitrogens with one attached hydrogen (secondary N) is 1. The number of anilines is 1. The van der Waals surface area contributed by atoms with E-state index in [1.807, 2.05) is 6.92 Å². The minimum absolute atomic E-state index is 0.162. The lowest BCUT2D eigenvalue weighted by molar-refractivity contribution is 0.570. The van der Waals surface area contributed by atoms with Crippen molar-refractivity contribution in [2.45, 2.75) is 24.3 Å². The molecule has 16 heavy (non-hydrogen) atoms. The number of terminal acetylenes is 1. The summed E-state index contributed by atoms with van der Waals surface area (Å²) >= 11 is 0. The van der Waals surface area contributed by atoms with E-state index >= 15 is 0 Å². The fourth-order valence-electron chi connectivity index (χ4n) is 1.14. The van der Waals surface area contributed by atoms with E-state index in [1.165, 1.54) is 24.3 Å². The average molecular weight is 238 g/mol. The molecule has 0 aliphatic carbocycles. The van der Waals surface area contributed by atoms with Gasteiger partial charge in [-0.1, -0.05) is 12.8 Å². The summed E-state index contributed by atoms with van der Waals surface area (Å²) in [6.45, 7) is 1.82. The van der Waals surface area contributed by atoms with Crippen molar-refractivity contribution in [3.8, 4) is 12.3 Å². The van der Waals surface area contributed by atoms with Crippen molar-refractivity contribution in [1.29, 1.82) is 0 Å². The molecular weight excluding hydrogens is 224 g/mol. The van der Waals surface area contributed by atoms with Crippen molar-refractivity contribution in [3.05, 3.63) is 24.3 Å². The molecule has 0 bridgehead atoms. The average Bonchev–Trinajstić information content (AvgIpc) is 2.26. The van der Waals surface area contributed by atoms with Crippen molar-refractivity contribution < 1.29 is 8.42 Å². The first-order valence-corrected chi connectivity index (χ1v) is 6.32. The molecule has 0 radical (unpaired) electrons. The molecule has 0 aliphatic rings. The SMILES string of the molecule is C#CC(CC)NS(=O)(=O)c1ccc(N)cc1. The summed E-state index contributed by atoms with van der Waals surface area (Å²) in [6.07, 6.45) is 5.74. The van der Waals surface area contributed by atoms with Gasteiger partial charge in [0.2, 0.25) is 10.0 Å². The van der Waals surface area contributed by atoms with Gasteiger partial charge in [-0.25, -0.2) is 8.42 Å². The summed E-state index contributed by atoms with van der Waals surface area (Å²) in [5.41, 5.74) is 5.99. The second-order valence-electron chi connectivity index (χ2n) is 3.32. The molecule has 86 valence electrons.